The molecule has 0 fully saturated rings. The predicted molar refractivity (Wildman–Crippen MR) is 77.8 cm³/mol. The van der Waals surface area contributed by atoms with Crippen LogP contribution in [0.15, 0.2) is 27.4 Å². The molecule has 3 nitrogen and oxygen atoms in total. The van der Waals surface area contributed by atoms with Crippen molar-refractivity contribution in [3.8, 4) is 6.07 Å². The smallest absolute Gasteiger partial charge is 0.145 e. The largest absolute Gasteiger partial charge is 0.355 e. The van der Waals surface area contributed by atoms with E-state index in [1.54, 1.807) is 11.3 Å². The third-order valence-electron chi connectivity index (χ3n) is 2.62. The van der Waals surface area contributed by atoms with E-state index in [4.69, 9.17) is 5.26 Å². The Morgan fingerprint density at radius 3 is 2.89 bits per heavy atom. The van der Waals surface area contributed by atoms with Gasteiger partial charge in [0.15, 0.2) is 0 Å². The minimum absolute atomic E-state index is 0.492. The number of nitriles is 1. The monoisotopic (exact) mass is 321 g/mol. The lowest BCUT2D eigenvalue weighted by molar-refractivity contribution is 0.897. The molecular formula is C13H12BrN3S. The normalized spacial score (nSPS) is 10.1. The molecule has 92 valence electrons. The second-order valence-corrected chi connectivity index (χ2v) is 6.35. The number of halogens is 1. The number of aromatic nitrogens is 1. The molecule has 18 heavy (non-hydrogen) atoms. The molecule has 0 bridgehead atoms. The molecule has 0 aliphatic rings. The first-order chi connectivity index (χ1) is 8.60. The number of pyridine rings is 1. The molecule has 0 aliphatic carbocycles. The predicted octanol–water partition coefficient (Wildman–Crippen LogP) is 3.72. The fourth-order valence-electron chi connectivity index (χ4n) is 1.63. The SMILES string of the molecule is Cc1ccc(N(C)Cc2csc(Br)c2)nc1C#N. The van der Waals surface area contributed by atoms with Crippen LogP contribution in [-0.2, 0) is 6.54 Å². The highest BCUT2D eigenvalue weighted by Gasteiger charge is 2.07. The first-order valence-electron chi connectivity index (χ1n) is 5.42. The second-order valence-electron chi connectivity index (χ2n) is 4.06. The average molecular weight is 322 g/mol. The summed E-state index contributed by atoms with van der Waals surface area (Å²) in [7, 11) is 1.98. The second kappa shape index (κ2) is 5.51. The number of aryl methyl sites for hydroxylation is 1. The molecule has 0 saturated heterocycles. The van der Waals surface area contributed by atoms with E-state index >= 15 is 0 Å². The molecular weight excluding hydrogens is 310 g/mol. The molecule has 0 unspecified atom stereocenters. The summed E-state index contributed by atoms with van der Waals surface area (Å²) in [5.74, 6) is 0.819. The van der Waals surface area contributed by atoms with E-state index in [1.165, 1.54) is 5.56 Å². The molecule has 0 aliphatic heterocycles. The van der Waals surface area contributed by atoms with Gasteiger partial charge in [0.05, 0.1) is 3.79 Å². The first-order valence-corrected chi connectivity index (χ1v) is 7.09. The topological polar surface area (TPSA) is 39.9 Å². The Morgan fingerprint density at radius 2 is 2.28 bits per heavy atom. The van der Waals surface area contributed by atoms with Gasteiger partial charge in [0.25, 0.3) is 0 Å². The Bertz CT molecular complexity index is 601. The maximum Gasteiger partial charge on any atom is 0.145 e. The van der Waals surface area contributed by atoms with Gasteiger partial charge in [-0.15, -0.1) is 11.3 Å². The van der Waals surface area contributed by atoms with Crippen LogP contribution in [0, 0.1) is 18.3 Å². The third kappa shape index (κ3) is 2.89. The molecule has 0 atom stereocenters. The average Bonchev–Trinajstić information content (AvgIpc) is 2.75. The van der Waals surface area contributed by atoms with Crippen LogP contribution in [0.5, 0.6) is 0 Å². The van der Waals surface area contributed by atoms with E-state index in [2.05, 4.69) is 38.4 Å². The van der Waals surface area contributed by atoms with Gasteiger partial charge in [-0.3, -0.25) is 0 Å². The molecule has 2 aromatic rings. The molecule has 0 amide bonds. The standard InChI is InChI=1S/C13H12BrN3S/c1-9-3-4-13(16-11(9)6-15)17(2)7-10-5-12(14)18-8-10/h3-5,8H,7H2,1-2H3. The van der Waals surface area contributed by atoms with Crippen molar-refractivity contribution in [3.63, 3.8) is 0 Å². The van der Waals surface area contributed by atoms with Crippen molar-refractivity contribution in [2.45, 2.75) is 13.5 Å². The minimum atomic E-state index is 0.492. The Balaban J connectivity index is 2.19. The van der Waals surface area contributed by atoms with Gasteiger partial charge in [-0.2, -0.15) is 5.26 Å². The minimum Gasteiger partial charge on any atom is -0.355 e. The Labute approximate surface area is 119 Å². The van der Waals surface area contributed by atoms with Crippen LogP contribution in [0.3, 0.4) is 0 Å². The van der Waals surface area contributed by atoms with Crippen LogP contribution in [0.2, 0.25) is 0 Å². The van der Waals surface area contributed by atoms with Crippen molar-refractivity contribution in [2.75, 3.05) is 11.9 Å². The van der Waals surface area contributed by atoms with Crippen LogP contribution >= 0.6 is 27.3 Å². The Kier molecular flexibility index (Phi) is 4.00. The summed E-state index contributed by atoms with van der Waals surface area (Å²) in [6.45, 7) is 2.67. The zero-order valence-electron chi connectivity index (χ0n) is 10.1. The molecule has 0 radical (unpaired) electrons. The zero-order valence-corrected chi connectivity index (χ0v) is 12.5. The highest BCUT2D eigenvalue weighted by molar-refractivity contribution is 9.11. The number of thiophene rings is 1. The highest BCUT2D eigenvalue weighted by atomic mass is 79.9. The van der Waals surface area contributed by atoms with Crippen molar-refractivity contribution < 1.29 is 0 Å². The van der Waals surface area contributed by atoms with Gasteiger partial charge in [-0.1, -0.05) is 6.07 Å². The van der Waals surface area contributed by atoms with E-state index in [1.807, 2.05) is 31.0 Å². The molecule has 2 rings (SSSR count). The molecule has 2 heterocycles. The molecule has 0 saturated carbocycles. The molecule has 0 N–H and O–H groups in total. The van der Waals surface area contributed by atoms with Gasteiger partial charge >= 0.3 is 0 Å². The first kappa shape index (κ1) is 13.1. The van der Waals surface area contributed by atoms with Gasteiger partial charge in [-0.25, -0.2) is 4.98 Å². The van der Waals surface area contributed by atoms with Crippen molar-refractivity contribution in [1.29, 1.82) is 5.26 Å². The van der Waals surface area contributed by atoms with Gasteiger partial charge < -0.3 is 4.90 Å². The molecule has 0 aromatic carbocycles. The zero-order chi connectivity index (χ0) is 13.1. The number of hydrogen-bond donors (Lipinski definition) is 0. The van der Waals surface area contributed by atoms with E-state index in [0.29, 0.717) is 5.69 Å². The van der Waals surface area contributed by atoms with Crippen LogP contribution in [0.25, 0.3) is 0 Å². The highest BCUT2D eigenvalue weighted by Crippen LogP contribution is 2.23. The van der Waals surface area contributed by atoms with Crippen molar-refractivity contribution in [3.05, 3.63) is 44.2 Å². The lowest BCUT2D eigenvalue weighted by atomic mass is 10.2. The molecule has 0 spiro atoms. The summed E-state index contributed by atoms with van der Waals surface area (Å²) in [6.07, 6.45) is 0. The van der Waals surface area contributed by atoms with Crippen LogP contribution in [0.1, 0.15) is 16.8 Å². The fourth-order valence-corrected chi connectivity index (χ4v) is 2.83. The molecule has 2 aromatic heterocycles. The van der Waals surface area contributed by atoms with E-state index in [-0.39, 0.29) is 0 Å². The fraction of sp³-hybridized carbons (Fsp3) is 0.231. The van der Waals surface area contributed by atoms with Crippen molar-refractivity contribution in [2.24, 2.45) is 0 Å². The summed E-state index contributed by atoms with van der Waals surface area (Å²) in [5, 5.41) is 11.1. The van der Waals surface area contributed by atoms with Gasteiger partial charge in [-0.05, 0) is 51.5 Å². The third-order valence-corrected chi connectivity index (χ3v) is 4.17. The number of hydrogen-bond acceptors (Lipinski definition) is 4. The van der Waals surface area contributed by atoms with E-state index in [9.17, 15) is 0 Å². The number of rotatable bonds is 3. The Morgan fingerprint density at radius 1 is 1.50 bits per heavy atom. The summed E-state index contributed by atoms with van der Waals surface area (Å²) < 4.78 is 1.13. The van der Waals surface area contributed by atoms with E-state index < -0.39 is 0 Å². The van der Waals surface area contributed by atoms with Crippen LogP contribution in [0.4, 0.5) is 5.82 Å². The summed E-state index contributed by atoms with van der Waals surface area (Å²) in [4.78, 5) is 6.39. The lowest BCUT2D eigenvalue weighted by Gasteiger charge is -2.17. The van der Waals surface area contributed by atoms with Crippen LogP contribution < -0.4 is 4.90 Å². The van der Waals surface area contributed by atoms with Crippen LogP contribution in [-0.4, -0.2) is 12.0 Å². The lowest BCUT2D eigenvalue weighted by Crippen LogP contribution is -2.17. The summed E-state index contributed by atoms with van der Waals surface area (Å²) in [5.41, 5.74) is 2.63. The number of anilines is 1. The van der Waals surface area contributed by atoms with Crippen molar-refractivity contribution in [1.82, 2.24) is 4.98 Å². The number of nitrogens with zero attached hydrogens (tertiary/aromatic N) is 3. The van der Waals surface area contributed by atoms with E-state index in [0.717, 1.165) is 21.7 Å². The van der Waals surface area contributed by atoms with Crippen molar-refractivity contribution >= 4 is 33.1 Å². The van der Waals surface area contributed by atoms with Gasteiger partial charge in [0, 0.05) is 13.6 Å². The Hall–Kier alpha value is -1.38. The maximum absolute atomic E-state index is 8.98. The van der Waals surface area contributed by atoms with Gasteiger partial charge in [0.1, 0.15) is 17.6 Å². The summed E-state index contributed by atoms with van der Waals surface area (Å²) >= 11 is 5.12. The molecule has 5 heteroatoms. The van der Waals surface area contributed by atoms with Gasteiger partial charge in [0.2, 0.25) is 0 Å². The maximum atomic E-state index is 8.98. The summed E-state index contributed by atoms with van der Waals surface area (Å²) in [6, 6.07) is 8.09. The quantitative estimate of drug-likeness (QED) is 0.864.